The number of nitrogens with zero attached hydrogens (tertiary/aromatic N) is 2. The summed E-state index contributed by atoms with van der Waals surface area (Å²) in [6.45, 7) is 4.08. The highest BCUT2D eigenvalue weighted by Crippen LogP contribution is 2.35. The van der Waals surface area contributed by atoms with Gasteiger partial charge in [-0.3, -0.25) is 0 Å². The second-order valence-corrected chi connectivity index (χ2v) is 6.38. The second kappa shape index (κ2) is 5.42. The van der Waals surface area contributed by atoms with Crippen LogP contribution in [0.3, 0.4) is 0 Å². The van der Waals surface area contributed by atoms with Crippen LogP contribution in [0.5, 0.6) is 0 Å². The highest BCUT2D eigenvalue weighted by Gasteiger charge is 2.19. The van der Waals surface area contributed by atoms with Crippen LogP contribution in [0.2, 0.25) is 0 Å². The van der Waals surface area contributed by atoms with E-state index in [1.54, 1.807) is 6.07 Å². The minimum atomic E-state index is -0.559. The topological polar surface area (TPSA) is 40.8 Å². The van der Waals surface area contributed by atoms with E-state index in [2.05, 4.69) is 35.9 Å². The molecule has 0 saturated carbocycles. The van der Waals surface area contributed by atoms with E-state index in [9.17, 15) is 9.65 Å². The van der Waals surface area contributed by atoms with Crippen molar-refractivity contribution in [3.05, 3.63) is 65.1 Å². The minimum absolute atomic E-state index is 0.0474. The molecule has 122 valence electrons. The molecule has 0 N–H and O–H groups in total. The summed E-state index contributed by atoms with van der Waals surface area (Å²) >= 11 is 0. The van der Waals surface area contributed by atoms with E-state index < -0.39 is 5.82 Å². The molecule has 0 spiro atoms. The van der Waals surface area contributed by atoms with Crippen LogP contribution in [0.4, 0.5) is 4.39 Å². The van der Waals surface area contributed by atoms with Crippen LogP contribution >= 0.6 is 0 Å². The maximum atomic E-state index is 13.9. The van der Waals surface area contributed by atoms with E-state index in [1.165, 1.54) is 11.6 Å². The number of rotatable bonds is 1. The summed E-state index contributed by atoms with van der Waals surface area (Å²) in [5.74, 6) is -0.559. The van der Waals surface area contributed by atoms with Gasteiger partial charge in [0.25, 0.3) is 0 Å². The Kier molecular flexibility index (Phi) is 3.33. The van der Waals surface area contributed by atoms with Crippen LogP contribution in [0.1, 0.15) is 16.7 Å². The number of pyridine rings is 1. The number of aryl methyl sites for hydroxylation is 3. The molecule has 0 aliphatic rings. The largest absolute Gasteiger partial charge is 0.455 e. The smallest absolute Gasteiger partial charge is 0.212 e. The van der Waals surface area contributed by atoms with E-state index in [0.717, 1.165) is 27.6 Å². The van der Waals surface area contributed by atoms with Crippen molar-refractivity contribution >= 4 is 21.9 Å². The maximum Gasteiger partial charge on any atom is 0.212 e. The highest BCUT2D eigenvalue weighted by atomic mass is 19.1. The van der Waals surface area contributed by atoms with Crippen LogP contribution in [0, 0.1) is 31.0 Å². The first kappa shape index (κ1) is 15.3. The summed E-state index contributed by atoms with van der Waals surface area (Å²) in [5, 5.41) is 10.9. The number of aromatic nitrogens is 1. The lowest BCUT2D eigenvalue weighted by Gasteiger charge is -2.05. The van der Waals surface area contributed by atoms with Crippen LogP contribution in [0.15, 0.2) is 47.0 Å². The number of fused-ring (bicyclic) bond motifs is 3. The molecule has 4 heteroatoms. The van der Waals surface area contributed by atoms with Gasteiger partial charge in [-0.05, 0) is 49.7 Å². The van der Waals surface area contributed by atoms with E-state index in [-0.39, 0.29) is 5.56 Å². The first-order valence-electron chi connectivity index (χ1n) is 8.01. The lowest BCUT2D eigenvalue weighted by Crippen LogP contribution is -2.31. The van der Waals surface area contributed by atoms with Gasteiger partial charge in [-0.2, -0.15) is 5.26 Å². The molecule has 0 amide bonds. The van der Waals surface area contributed by atoms with Crippen molar-refractivity contribution in [2.75, 3.05) is 0 Å². The van der Waals surface area contributed by atoms with E-state index in [0.29, 0.717) is 11.2 Å². The van der Waals surface area contributed by atoms with Crippen molar-refractivity contribution in [3.8, 4) is 17.3 Å². The molecule has 0 radical (unpaired) electrons. The molecule has 0 fully saturated rings. The van der Waals surface area contributed by atoms with Gasteiger partial charge in [0.2, 0.25) is 5.69 Å². The van der Waals surface area contributed by atoms with Gasteiger partial charge < -0.3 is 4.42 Å². The Labute approximate surface area is 144 Å². The average Bonchev–Trinajstić information content (AvgIpc) is 2.91. The Morgan fingerprint density at radius 2 is 1.88 bits per heavy atom. The van der Waals surface area contributed by atoms with E-state index >= 15 is 0 Å². The van der Waals surface area contributed by atoms with Crippen LogP contribution in [0.25, 0.3) is 33.2 Å². The summed E-state index contributed by atoms with van der Waals surface area (Å²) in [4.78, 5) is 0. The summed E-state index contributed by atoms with van der Waals surface area (Å²) < 4.78 is 21.8. The molecular weight excluding hydrogens is 315 g/mol. The summed E-state index contributed by atoms with van der Waals surface area (Å²) in [6.07, 6.45) is 2.08. The number of benzene rings is 2. The van der Waals surface area contributed by atoms with Crippen molar-refractivity contribution in [2.24, 2.45) is 7.05 Å². The van der Waals surface area contributed by atoms with Gasteiger partial charge in [-0.25, -0.2) is 8.96 Å². The van der Waals surface area contributed by atoms with E-state index in [4.69, 9.17) is 4.42 Å². The molecule has 0 aliphatic heterocycles. The highest BCUT2D eigenvalue weighted by molar-refractivity contribution is 6.08. The predicted octanol–water partition coefficient (Wildman–Crippen LogP) is 4.71. The third-order valence-electron chi connectivity index (χ3n) is 4.60. The van der Waals surface area contributed by atoms with Crippen LogP contribution < -0.4 is 4.57 Å². The molecule has 2 aromatic carbocycles. The molecule has 0 atom stereocenters. The first-order valence-corrected chi connectivity index (χ1v) is 8.01. The summed E-state index contributed by atoms with van der Waals surface area (Å²) in [6, 6.07) is 13.1. The first-order chi connectivity index (χ1) is 12.0. The number of furan rings is 1. The zero-order valence-corrected chi connectivity index (χ0v) is 14.2. The monoisotopic (exact) mass is 331 g/mol. The molecule has 0 saturated heterocycles. The molecule has 2 aromatic heterocycles. The van der Waals surface area contributed by atoms with Crippen molar-refractivity contribution in [2.45, 2.75) is 13.8 Å². The Hall–Kier alpha value is -3.19. The number of nitriles is 1. The number of hydrogen-bond donors (Lipinski definition) is 0. The van der Waals surface area contributed by atoms with Crippen LogP contribution in [-0.4, -0.2) is 0 Å². The second-order valence-electron chi connectivity index (χ2n) is 6.38. The van der Waals surface area contributed by atoms with Crippen molar-refractivity contribution in [1.29, 1.82) is 5.26 Å². The third kappa shape index (κ3) is 2.28. The Balaban J connectivity index is 2.07. The Morgan fingerprint density at radius 1 is 1.08 bits per heavy atom. The molecular formula is C21H16FN2O+. The number of hydrogen-bond acceptors (Lipinski definition) is 2. The zero-order valence-electron chi connectivity index (χ0n) is 14.2. The molecule has 2 heterocycles. The van der Waals surface area contributed by atoms with Gasteiger partial charge in [0, 0.05) is 28.0 Å². The van der Waals surface area contributed by atoms with Crippen molar-refractivity contribution in [3.63, 3.8) is 0 Å². The molecule has 0 bridgehead atoms. The number of halogens is 1. The SMILES string of the molecule is Cc1ccc(-c2cc3c(cc2C)oc2c(C#N)c(F)ccc23)[n+](C)c1. The van der Waals surface area contributed by atoms with Crippen molar-refractivity contribution < 1.29 is 13.4 Å². The average molecular weight is 331 g/mol. The van der Waals surface area contributed by atoms with Gasteiger partial charge >= 0.3 is 0 Å². The summed E-state index contributed by atoms with van der Waals surface area (Å²) in [7, 11) is 2.02. The van der Waals surface area contributed by atoms with Crippen molar-refractivity contribution in [1.82, 2.24) is 0 Å². The standard InChI is InChI=1S/C21H16FN2O/c1-12-4-7-19(24(3)11-12)15-9-16-14-5-6-18(22)17(10-23)21(14)25-20(16)8-13(15)2/h4-9,11H,1-3H3/q+1. The van der Waals surface area contributed by atoms with Gasteiger partial charge in [-0.1, -0.05) is 0 Å². The molecule has 0 aliphatic carbocycles. The third-order valence-corrected chi connectivity index (χ3v) is 4.60. The van der Waals surface area contributed by atoms with Gasteiger partial charge in [-0.15, -0.1) is 0 Å². The van der Waals surface area contributed by atoms with Gasteiger partial charge in [0.1, 0.15) is 30.1 Å². The molecule has 3 nitrogen and oxygen atoms in total. The minimum Gasteiger partial charge on any atom is -0.455 e. The summed E-state index contributed by atoms with van der Waals surface area (Å²) in [5.41, 5.74) is 5.34. The van der Waals surface area contributed by atoms with E-state index in [1.807, 2.05) is 26.1 Å². The zero-order chi connectivity index (χ0) is 17.7. The normalized spacial score (nSPS) is 11.2. The van der Waals surface area contributed by atoms with Crippen LogP contribution in [-0.2, 0) is 7.05 Å². The van der Waals surface area contributed by atoms with Gasteiger partial charge in [0.15, 0.2) is 11.8 Å². The molecule has 25 heavy (non-hydrogen) atoms. The quantitative estimate of drug-likeness (QED) is 0.474. The molecule has 4 aromatic rings. The Bertz CT molecular complexity index is 1200. The predicted molar refractivity (Wildman–Crippen MR) is 94.5 cm³/mol. The fraction of sp³-hybridized carbons (Fsp3) is 0.143. The lowest BCUT2D eigenvalue weighted by atomic mass is 10.00. The molecule has 4 rings (SSSR count). The Morgan fingerprint density at radius 3 is 2.60 bits per heavy atom. The molecule has 0 unspecified atom stereocenters. The maximum absolute atomic E-state index is 13.9. The lowest BCUT2D eigenvalue weighted by molar-refractivity contribution is -0.660. The van der Waals surface area contributed by atoms with Gasteiger partial charge in [0.05, 0.1) is 0 Å². The fourth-order valence-electron chi connectivity index (χ4n) is 3.37. The fourth-order valence-corrected chi connectivity index (χ4v) is 3.37.